The number of halogens is 2. The molecule has 116 valence electrons. The van der Waals surface area contributed by atoms with E-state index in [2.05, 4.69) is 0 Å². The SMILES string of the molecule is O=C(O)CCN(Cc1cccc(F)c1F)C(=O)c1ccco1. The number of nitrogens with zero attached hydrogens (tertiary/aromatic N) is 1. The zero-order valence-electron chi connectivity index (χ0n) is 11.5. The van der Waals surface area contributed by atoms with Crippen LogP contribution in [0.5, 0.6) is 0 Å². The number of furan rings is 1. The van der Waals surface area contributed by atoms with Gasteiger partial charge in [-0.1, -0.05) is 12.1 Å². The van der Waals surface area contributed by atoms with Crippen molar-refractivity contribution in [3.8, 4) is 0 Å². The smallest absolute Gasteiger partial charge is 0.305 e. The molecule has 2 aromatic rings. The first-order valence-corrected chi connectivity index (χ1v) is 6.46. The van der Waals surface area contributed by atoms with Crippen LogP contribution in [0.15, 0.2) is 41.0 Å². The Kier molecular flexibility index (Phi) is 4.88. The van der Waals surface area contributed by atoms with Crippen molar-refractivity contribution in [2.75, 3.05) is 6.54 Å². The fourth-order valence-corrected chi connectivity index (χ4v) is 1.92. The summed E-state index contributed by atoms with van der Waals surface area (Å²) in [6, 6.07) is 6.54. The van der Waals surface area contributed by atoms with Crippen LogP contribution in [0.3, 0.4) is 0 Å². The normalized spacial score (nSPS) is 10.5. The van der Waals surface area contributed by atoms with Crippen LogP contribution in [0.2, 0.25) is 0 Å². The van der Waals surface area contributed by atoms with E-state index >= 15 is 0 Å². The molecule has 5 nitrogen and oxygen atoms in total. The topological polar surface area (TPSA) is 70.8 Å². The van der Waals surface area contributed by atoms with Crippen molar-refractivity contribution >= 4 is 11.9 Å². The zero-order valence-corrected chi connectivity index (χ0v) is 11.5. The lowest BCUT2D eigenvalue weighted by Crippen LogP contribution is -2.32. The molecule has 0 unspecified atom stereocenters. The van der Waals surface area contributed by atoms with Gasteiger partial charge in [-0.15, -0.1) is 0 Å². The maximum Gasteiger partial charge on any atom is 0.305 e. The van der Waals surface area contributed by atoms with E-state index in [1.807, 2.05) is 0 Å². The van der Waals surface area contributed by atoms with Crippen molar-refractivity contribution in [3.05, 3.63) is 59.6 Å². The summed E-state index contributed by atoms with van der Waals surface area (Å²) >= 11 is 0. The van der Waals surface area contributed by atoms with Gasteiger partial charge in [0.1, 0.15) is 0 Å². The molecule has 7 heteroatoms. The van der Waals surface area contributed by atoms with Gasteiger partial charge in [-0.05, 0) is 18.2 Å². The molecule has 0 aliphatic carbocycles. The number of aliphatic carboxylic acids is 1. The highest BCUT2D eigenvalue weighted by atomic mass is 19.2. The quantitative estimate of drug-likeness (QED) is 0.890. The highest BCUT2D eigenvalue weighted by Crippen LogP contribution is 2.16. The van der Waals surface area contributed by atoms with Crippen LogP contribution in [0.1, 0.15) is 22.5 Å². The molecule has 0 fully saturated rings. The summed E-state index contributed by atoms with van der Waals surface area (Å²) in [4.78, 5) is 24.0. The summed E-state index contributed by atoms with van der Waals surface area (Å²) in [5.74, 6) is -3.77. The van der Waals surface area contributed by atoms with Crippen molar-refractivity contribution in [3.63, 3.8) is 0 Å². The van der Waals surface area contributed by atoms with Crippen molar-refractivity contribution in [1.82, 2.24) is 4.90 Å². The highest BCUT2D eigenvalue weighted by Gasteiger charge is 2.21. The molecule has 0 bridgehead atoms. The average Bonchev–Trinajstić information content (AvgIpc) is 3.01. The van der Waals surface area contributed by atoms with Crippen molar-refractivity contribution < 1.29 is 27.9 Å². The van der Waals surface area contributed by atoms with Gasteiger partial charge in [0.05, 0.1) is 12.7 Å². The number of carboxylic acid groups (broad SMARTS) is 1. The van der Waals surface area contributed by atoms with E-state index in [0.29, 0.717) is 0 Å². The van der Waals surface area contributed by atoms with Crippen LogP contribution in [-0.4, -0.2) is 28.4 Å². The minimum atomic E-state index is -1.10. The second-order valence-corrected chi connectivity index (χ2v) is 4.56. The fourth-order valence-electron chi connectivity index (χ4n) is 1.92. The molecule has 0 spiro atoms. The van der Waals surface area contributed by atoms with E-state index in [1.54, 1.807) is 0 Å². The first-order chi connectivity index (χ1) is 10.5. The standard InChI is InChI=1S/C15H13F2NO4/c16-11-4-1-3-10(14(11)17)9-18(7-6-13(19)20)15(21)12-5-2-8-22-12/h1-5,8H,6-7,9H2,(H,19,20). The third kappa shape index (κ3) is 3.69. The fraction of sp³-hybridized carbons (Fsp3) is 0.200. The molecule has 2 rings (SSSR count). The van der Waals surface area contributed by atoms with Crippen LogP contribution in [0.25, 0.3) is 0 Å². The lowest BCUT2D eigenvalue weighted by molar-refractivity contribution is -0.137. The first kappa shape index (κ1) is 15.7. The lowest BCUT2D eigenvalue weighted by atomic mass is 10.1. The molecule has 0 radical (unpaired) electrons. The van der Waals surface area contributed by atoms with E-state index in [1.165, 1.54) is 30.5 Å². The molecule has 0 atom stereocenters. The highest BCUT2D eigenvalue weighted by molar-refractivity contribution is 5.91. The summed E-state index contributed by atoms with van der Waals surface area (Å²) < 4.78 is 31.9. The van der Waals surface area contributed by atoms with E-state index in [4.69, 9.17) is 9.52 Å². The second-order valence-electron chi connectivity index (χ2n) is 4.56. The molecular weight excluding hydrogens is 296 g/mol. The number of hydrogen-bond acceptors (Lipinski definition) is 3. The summed E-state index contributed by atoms with van der Waals surface area (Å²) in [6.45, 7) is -0.402. The summed E-state index contributed by atoms with van der Waals surface area (Å²) in [6.07, 6.45) is 0.981. The summed E-state index contributed by atoms with van der Waals surface area (Å²) in [7, 11) is 0. The van der Waals surface area contributed by atoms with E-state index in [9.17, 15) is 18.4 Å². The zero-order chi connectivity index (χ0) is 16.1. The monoisotopic (exact) mass is 309 g/mol. The molecule has 1 heterocycles. The van der Waals surface area contributed by atoms with Gasteiger partial charge in [-0.2, -0.15) is 0 Å². The van der Waals surface area contributed by atoms with Gasteiger partial charge in [0.2, 0.25) is 0 Å². The molecule has 0 saturated heterocycles. The largest absolute Gasteiger partial charge is 0.481 e. The Morgan fingerprint density at radius 1 is 1.18 bits per heavy atom. The molecule has 1 aromatic carbocycles. The van der Waals surface area contributed by atoms with Gasteiger partial charge in [0.25, 0.3) is 5.91 Å². The molecular formula is C15H13F2NO4. The van der Waals surface area contributed by atoms with Crippen molar-refractivity contribution in [2.24, 2.45) is 0 Å². The lowest BCUT2D eigenvalue weighted by Gasteiger charge is -2.21. The Labute approximate surface area is 124 Å². The molecule has 1 N–H and O–H groups in total. The molecule has 22 heavy (non-hydrogen) atoms. The maximum absolute atomic E-state index is 13.7. The predicted octanol–water partition coefficient (Wildman–Crippen LogP) is 2.67. The Hall–Kier alpha value is -2.70. The number of hydrogen-bond donors (Lipinski definition) is 1. The average molecular weight is 309 g/mol. The molecule has 1 aromatic heterocycles. The van der Waals surface area contributed by atoms with E-state index < -0.39 is 23.5 Å². The number of rotatable bonds is 6. The van der Waals surface area contributed by atoms with Crippen molar-refractivity contribution in [1.29, 1.82) is 0 Å². The molecule has 0 saturated carbocycles. The van der Waals surface area contributed by atoms with Gasteiger partial charge in [-0.3, -0.25) is 9.59 Å². The second kappa shape index (κ2) is 6.84. The first-order valence-electron chi connectivity index (χ1n) is 6.46. The van der Waals surface area contributed by atoms with Crippen molar-refractivity contribution in [2.45, 2.75) is 13.0 Å². The maximum atomic E-state index is 13.7. The Bertz CT molecular complexity index is 670. The minimum Gasteiger partial charge on any atom is -0.481 e. The van der Waals surface area contributed by atoms with Gasteiger partial charge in [-0.25, -0.2) is 8.78 Å². The molecule has 0 aliphatic heterocycles. The molecule has 0 aliphatic rings. The van der Waals surface area contributed by atoms with Crippen LogP contribution in [0.4, 0.5) is 8.78 Å². The summed E-state index contributed by atoms with van der Waals surface area (Å²) in [5.41, 5.74) is -0.0368. The number of benzene rings is 1. The number of carbonyl (C=O) groups excluding carboxylic acids is 1. The van der Waals surface area contributed by atoms with Crippen LogP contribution in [0, 0.1) is 11.6 Å². The Morgan fingerprint density at radius 3 is 2.59 bits per heavy atom. The third-order valence-corrected chi connectivity index (χ3v) is 3.01. The Balaban J connectivity index is 2.22. The number of carbonyl (C=O) groups is 2. The van der Waals surface area contributed by atoms with E-state index in [0.717, 1.165) is 11.0 Å². The minimum absolute atomic E-state index is 0.00204. The third-order valence-electron chi connectivity index (χ3n) is 3.01. The van der Waals surface area contributed by atoms with Crippen LogP contribution in [-0.2, 0) is 11.3 Å². The number of amides is 1. The van der Waals surface area contributed by atoms with Gasteiger partial charge in [0.15, 0.2) is 17.4 Å². The van der Waals surface area contributed by atoms with E-state index in [-0.39, 0.29) is 30.8 Å². The van der Waals surface area contributed by atoms with Crippen LogP contribution >= 0.6 is 0 Å². The molecule has 1 amide bonds. The van der Waals surface area contributed by atoms with Crippen LogP contribution < -0.4 is 0 Å². The predicted molar refractivity (Wildman–Crippen MR) is 72.1 cm³/mol. The Morgan fingerprint density at radius 2 is 1.95 bits per heavy atom. The number of carboxylic acids is 1. The van der Waals surface area contributed by atoms with Gasteiger partial charge in [0, 0.05) is 18.7 Å². The van der Waals surface area contributed by atoms with Gasteiger partial charge < -0.3 is 14.4 Å². The van der Waals surface area contributed by atoms with Gasteiger partial charge >= 0.3 is 5.97 Å². The summed E-state index contributed by atoms with van der Waals surface area (Å²) in [5, 5.41) is 8.74.